The van der Waals surface area contributed by atoms with Gasteiger partial charge in [0, 0.05) is 30.4 Å². The molecule has 1 N–H and O–H groups in total. The predicted molar refractivity (Wildman–Crippen MR) is 92.4 cm³/mol. The number of Topliss-reactive ketones (excluding diaryl/α,β-unsaturated/α-hetero) is 1. The molecule has 1 aromatic heterocycles. The summed E-state index contributed by atoms with van der Waals surface area (Å²) in [7, 11) is 0. The molecule has 1 aromatic carbocycles. The average molecular weight is 310 g/mol. The normalized spacial score (nSPS) is 15.5. The van der Waals surface area contributed by atoms with Crippen molar-refractivity contribution < 1.29 is 4.79 Å². The molecule has 1 aliphatic rings. The van der Waals surface area contributed by atoms with Crippen LogP contribution < -0.4 is 10.2 Å². The third-order valence-electron chi connectivity index (χ3n) is 4.30. The van der Waals surface area contributed by atoms with Gasteiger partial charge in [0.15, 0.2) is 5.78 Å². The number of carbonyl (C=O) groups excluding carboxylic acids is 1. The van der Waals surface area contributed by atoms with Gasteiger partial charge in [0.1, 0.15) is 18.0 Å². The Balaban J connectivity index is 1.75. The van der Waals surface area contributed by atoms with Crippen LogP contribution >= 0.6 is 0 Å². The van der Waals surface area contributed by atoms with E-state index in [0.717, 1.165) is 36.3 Å². The molecule has 120 valence electrons. The van der Waals surface area contributed by atoms with Gasteiger partial charge in [0.05, 0.1) is 0 Å². The molecule has 2 heterocycles. The van der Waals surface area contributed by atoms with Crippen molar-refractivity contribution in [2.24, 2.45) is 5.92 Å². The van der Waals surface area contributed by atoms with E-state index in [1.54, 1.807) is 13.3 Å². The quantitative estimate of drug-likeness (QED) is 0.873. The van der Waals surface area contributed by atoms with Crippen LogP contribution in [0.15, 0.2) is 36.7 Å². The molecule has 5 nitrogen and oxygen atoms in total. The number of rotatable bonds is 4. The highest BCUT2D eigenvalue weighted by atomic mass is 16.1. The van der Waals surface area contributed by atoms with Crippen molar-refractivity contribution in [3.05, 3.63) is 42.2 Å². The zero-order valence-corrected chi connectivity index (χ0v) is 13.6. The Morgan fingerprint density at radius 3 is 2.74 bits per heavy atom. The molecule has 0 amide bonds. The topological polar surface area (TPSA) is 58.1 Å². The number of hydrogen-bond acceptors (Lipinski definition) is 5. The SMILES string of the molecule is CC(=O)c1cccc(Nc2cc(N3CCC(C)CC3)ncn2)c1. The van der Waals surface area contributed by atoms with E-state index >= 15 is 0 Å². The zero-order valence-electron chi connectivity index (χ0n) is 13.6. The minimum atomic E-state index is 0.0551. The lowest BCUT2D eigenvalue weighted by atomic mass is 9.99. The number of benzene rings is 1. The summed E-state index contributed by atoms with van der Waals surface area (Å²) < 4.78 is 0. The molecule has 0 aliphatic carbocycles. The van der Waals surface area contributed by atoms with E-state index in [2.05, 4.69) is 27.1 Å². The number of nitrogens with zero attached hydrogens (tertiary/aromatic N) is 3. The van der Waals surface area contributed by atoms with E-state index in [4.69, 9.17) is 0 Å². The van der Waals surface area contributed by atoms with Gasteiger partial charge in [-0.15, -0.1) is 0 Å². The molecule has 0 atom stereocenters. The van der Waals surface area contributed by atoms with Gasteiger partial charge in [0.25, 0.3) is 0 Å². The third-order valence-corrected chi connectivity index (χ3v) is 4.30. The maximum atomic E-state index is 11.5. The van der Waals surface area contributed by atoms with Gasteiger partial charge in [0.2, 0.25) is 0 Å². The fourth-order valence-electron chi connectivity index (χ4n) is 2.79. The molecule has 23 heavy (non-hydrogen) atoms. The fraction of sp³-hybridized carbons (Fsp3) is 0.389. The van der Waals surface area contributed by atoms with Gasteiger partial charge in [-0.2, -0.15) is 0 Å². The van der Waals surface area contributed by atoms with E-state index in [1.165, 1.54) is 12.8 Å². The van der Waals surface area contributed by atoms with Gasteiger partial charge in [-0.25, -0.2) is 9.97 Å². The molecule has 1 saturated heterocycles. The summed E-state index contributed by atoms with van der Waals surface area (Å²) in [6, 6.07) is 9.42. The van der Waals surface area contributed by atoms with Crippen LogP contribution in [0.1, 0.15) is 37.0 Å². The van der Waals surface area contributed by atoms with Crippen LogP contribution in [0.4, 0.5) is 17.3 Å². The molecular weight excluding hydrogens is 288 g/mol. The van der Waals surface area contributed by atoms with Crippen LogP contribution in [0.5, 0.6) is 0 Å². The lowest BCUT2D eigenvalue weighted by Crippen LogP contribution is -2.33. The Morgan fingerprint density at radius 1 is 1.22 bits per heavy atom. The first-order chi connectivity index (χ1) is 11.1. The average Bonchev–Trinajstić information content (AvgIpc) is 2.56. The Bertz CT molecular complexity index is 693. The summed E-state index contributed by atoms with van der Waals surface area (Å²) in [5.74, 6) is 2.55. The molecule has 1 aliphatic heterocycles. The maximum absolute atomic E-state index is 11.5. The van der Waals surface area contributed by atoms with E-state index in [9.17, 15) is 4.79 Å². The molecule has 2 aromatic rings. The van der Waals surface area contributed by atoms with E-state index < -0.39 is 0 Å². The summed E-state index contributed by atoms with van der Waals surface area (Å²) in [6.07, 6.45) is 3.99. The molecule has 0 saturated carbocycles. The third kappa shape index (κ3) is 3.86. The highest BCUT2D eigenvalue weighted by molar-refractivity contribution is 5.95. The van der Waals surface area contributed by atoms with Gasteiger partial charge in [-0.05, 0) is 37.8 Å². The largest absolute Gasteiger partial charge is 0.356 e. The predicted octanol–water partition coefficient (Wildman–Crippen LogP) is 3.66. The van der Waals surface area contributed by atoms with Crippen molar-refractivity contribution in [3.63, 3.8) is 0 Å². The number of ketones is 1. The number of carbonyl (C=O) groups is 1. The van der Waals surface area contributed by atoms with Gasteiger partial charge in [-0.3, -0.25) is 4.79 Å². The summed E-state index contributed by atoms with van der Waals surface area (Å²) in [5.41, 5.74) is 1.55. The highest BCUT2D eigenvalue weighted by Crippen LogP contribution is 2.24. The Labute approximate surface area is 136 Å². The van der Waals surface area contributed by atoms with Gasteiger partial charge in [-0.1, -0.05) is 19.1 Å². The van der Waals surface area contributed by atoms with Crippen LogP contribution in [0.2, 0.25) is 0 Å². The smallest absolute Gasteiger partial charge is 0.159 e. The molecule has 0 bridgehead atoms. The Hall–Kier alpha value is -2.43. The van der Waals surface area contributed by atoms with Crippen molar-refractivity contribution in [1.29, 1.82) is 0 Å². The molecule has 1 fully saturated rings. The second-order valence-electron chi connectivity index (χ2n) is 6.19. The molecule has 0 spiro atoms. The monoisotopic (exact) mass is 310 g/mol. The van der Waals surface area contributed by atoms with Crippen molar-refractivity contribution >= 4 is 23.1 Å². The number of aromatic nitrogens is 2. The van der Waals surface area contributed by atoms with Crippen LogP contribution in [0.3, 0.4) is 0 Å². The van der Waals surface area contributed by atoms with Crippen LogP contribution in [-0.4, -0.2) is 28.8 Å². The number of piperidine rings is 1. The Morgan fingerprint density at radius 2 is 2.00 bits per heavy atom. The van der Waals surface area contributed by atoms with E-state index in [-0.39, 0.29) is 5.78 Å². The van der Waals surface area contributed by atoms with Crippen molar-refractivity contribution in [2.45, 2.75) is 26.7 Å². The minimum Gasteiger partial charge on any atom is -0.356 e. The maximum Gasteiger partial charge on any atom is 0.159 e. The van der Waals surface area contributed by atoms with Crippen LogP contribution in [-0.2, 0) is 0 Å². The van der Waals surface area contributed by atoms with Crippen LogP contribution in [0.25, 0.3) is 0 Å². The summed E-state index contributed by atoms with van der Waals surface area (Å²) >= 11 is 0. The van der Waals surface area contributed by atoms with E-state index in [1.807, 2.05) is 30.3 Å². The lowest BCUT2D eigenvalue weighted by molar-refractivity contribution is 0.101. The Kier molecular flexibility index (Phi) is 4.55. The minimum absolute atomic E-state index is 0.0551. The number of nitrogens with one attached hydrogen (secondary N) is 1. The summed E-state index contributed by atoms with van der Waals surface area (Å²) in [4.78, 5) is 22.5. The second-order valence-corrected chi connectivity index (χ2v) is 6.19. The lowest BCUT2D eigenvalue weighted by Gasteiger charge is -2.31. The highest BCUT2D eigenvalue weighted by Gasteiger charge is 2.17. The molecule has 5 heteroatoms. The fourth-order valence-corrected chi connectivity index (χ4v) is 2.79. The molecular formula is C18H22N4O. The van der Waals surface area contributed by atoms with Crippen LogP contribution in [0, 0.1) is 5.92 Å². The van der Waals surface area contributed by atoms with Crippen molar-refractivity contribution in [2.75, 3.05) is 23.3 Å². The second kappa shape index (κ2) is 6.77. The number of hydrogen-bond donors (Lipinski definition) is 1. The molecule has 3 rings (SSSR count). The van der Waals surface area contributed by atoms with Gasteiger partial charge < -0.3 is 10.2 Å². The molecule has 0 radical (unpaired) electrons. The first-order valence-corrected chi connectivity index (χ1v) is 8.07. The summed E-state index contributed by atoms with van der Waals surface area (Å²) in [5, 5.41) is 3.26. The summed E-state index contributed by atoms with van der Waals surface area (Å²) in [6.45, 7) is 5.94. The number of anilines is 3. The van der Waals surface area contributed by atoms with E-state index in [0.29, 0.717) is 5.56 Å². The first kappa shape index (κ1) is 15.5. The zero-order chi connectivity index (χ0) is 16.2. The van der Waals surface area contributed by atoms with Crippen molar-refractivity contribution in [1.82, 2.24) is 9.97 Å². The first-order valence-electron chi connectivity index (χ1n) is 8.07. The molecule has 0 unspecified atom stereocenters. The standard InChI is InChI=1S/C18H22N4O/c1-13-6-8-22(9-7-13)18-11-17(19-12-20-18)21-16-5-3-4-15(10-16)14(2)23/h3-5,10-13H,6-9H2,1-2H3,(H,19,20,21). The van der Waals surface area contributed by atoms with Crippen molar-refractivity contribution in [3.8, 4) is 0 Å². The van der Waals surface area contributed by atoms with Gasteiger partial charge >= 0.3 is 0 Å².